The van der Waals surface area contributed by atoms with E-state index in [4.69, 9.17) is 25.8 Å². The molecule has 3 aromatic rings. The van der Waals surface area contributed by atoms with Gasteiger partial charge in [0.15, 0.2) is 5.69 Å². The molecule has 0 unspecified atom stereocenters. The number of hydrogen-bond donors (Lipinski definition) is 0. The van der Waals surface area contributed by atoms with E-state index in [0.29, 0.717) is 28.6 Å². The number of nitrogens with zero attached hydrogens (tertiary/aromatic N) is 1. The van der Waals surface area contributed by atoms with Gasteiger partial charge in [0.25, 0.3) is 0 Å². The van der Waals surface area contributed by atoms with Crippen LogP contribution in [0.3, 0.4) is 0 Å². The predicted molar refractivity (Wildman–Crippen MR) is 95.4 cm³/mol. The van der Waals surface area contributed by atoms with E-state index in [0.717, 1.165) is 10.9 Å². The molecule has 3 rings (SSSR count). The topological polar surface area (TPSA) is 57.7 Å². The molecular formula is C19H16ClNO4. The van der Waals surface area contributed by atoms with Crippen molar-refractivity contribution in [2.45, 2.75) is 6.61 Å². The fourth-order valence-corrected chi connectivity index (χ4v) is 2.63. The van der Waals surface area contributed by atoms with Crippen molar-refractivity contribution in [3.63, 3.8) is 0 Å². The van der Waals surface area contributed by atoms with E-state index in [1.165, 1.54) is 7.11 Å². The average molecular weight is 358 g/mol. The monoisotopic (exact) mass is 357 g/mol. The molecule has 0 N–H and O–H groups in total. The first-order valence-electron chi connectivity index (χ1n) is 7.55. The fourth-order valence-electron chi connectivity index (χ4n) is 2.42. The number of carbonyl (C=O) groups is 1. The van der Waals surface area contributed by atoms with Gasteiger partial charge in [0, 0.05) is 16.5 Å². The summed E-state index contributed by atoms with van der Waals surface area (Å²) in [4.78, 5) is 16.2. The molecule has 25 heavy (non-hydrogen) atoms. The molecule has 2 aromatic carbocycles. The molecule has 0 aliphatic rings. The van der Waals surface area contributed by atoms with Crippen LogP contribution in [0.25, 0.3) is 10.9 Å². The number of pyridine rings is 1. The van der Waals surface area contributed by atoms with E-state index in [2.05, 4.69) is 4.98 Å². The van der Waals surface area contributed by atoms with Crippen LogP contribution < -0.4 is 9.47 Å². The van der Waals surface area contributed by atoms with Crippen LogP contribution in [-0.4, -0.2) is 25.2 Å². The van der Waals surface area contributed by atoms with Gasteiger partial charge >= 0.3 is 5.97 Å². The standard InChI is InChI=1S/C19H16ClNO4/c1-23-14-6-7-16-15(9-14)18(10-17(21-16)19(22)24-2)25-11-12-4-3-5-13(20)8-12/h3-10H,11H2,1-2H3. The molecule has 0 saturated heterocycles. The fraction of sp³-hybridized carbons (Fsp3) is 0.158. The number of methoxy groups -OCH3 is 2. The number of hydrogen-bond acceptors (Lipinski definition) is 5. The molecule has 0 saturated carbocycles. The minimum atomic E-state index is -0.523. The molecule has 0 atom stereocenters. The zero-order chi connectivity index (χ0) is 17.8. The van der Waals surface area contributed by atoms with Crippen molar-refractivity contribution in [1.82, 2.24) is 4.98 Å². The number of esters is 1. The highest BCUT2D eigenvalue weighted by Gasteiger charge is 2.14. The van der Waals surface area contributed by atoms with Gasteiger partial charge in [-0.2, -0.15) is 0 Å². The Morgan fingerprint density at radius 2 is 1.96 bits per heavy atom. The van der Waals surface area contributed by atoms with Gasteiger partial charge in [0.1, 0.15) is 18.1 Å². The van der Waals surface area contributed by atoms with Crippen molar-refractivity contribution in [1.29, 1.82) is 0 Å². The Bertz CT molecular complexity index is 926. The van der Waals surface area contributed by atoms with E-state index >= 15 is 0 Å². The Kier molecular flexibility index (Phi) is 5.05. The number of benzene rings is 2. The molecule has 1 heterocycles. The lowest BCUT2D eigenvalue weighted by Crippen LogP contribution is -2.06. The first-order chi connectivity index (χ1) is 12.1. The van der Waals surface area contributed by atoms with E-state index < -0.39 is 5.97 Å². The summed E-state index contributed by atoms with van der Waals surface area (Å²) in [6, 6.07) is 14.3. The lowest BCUT2D eigenvalue weighted by atomic mass is 10.1. The Balaban J connectivity index is 2.01. The first kappa shape index (κ1) is 17.0. The Hall–Kier alpha value is -2.79. The smallest absolute Gasteiger partial charge is 0.356 e. The number of rotatable bonds is 5. The predicted octanol–water partition coefficient (Wildman–Crippen LogP) is 4.26. The Labute approximate surface area is 150 Å². The van der Waals surface area contributed by atoms with Crippen LogP contribution in [0.1, 0.15) is 16.1 Å². The zero-order valence-corrected chi connectivity index (χ0v) is 14.5. The molecule has 6 heteroatoms. The zero-order valence-electron chi connectivity index (χ0n) is 13.8. The van der Waals surface area contributed by atoms with Crippen LogP contribution in [0, 0.1) is 0 Å². The highest BCUT2D eigenvalue weighted by molar-refractivity contribution is 6.30. The third kappa shape index (κ3) is 3.83. The van der Waals surface area contributed by atoms with E-state index in [9.17, 15) is 4.79 Å². The third-order valence-electron chi connectivity index (χ3n) is 3.66. The van der Waals surface area contributed by atoms with Gasteiger partial charge in [-0.3, -0.25) is 0 Å². The molecule has 1 aromatic heterocycles. The largest absolute Gasteiger partial charge is 0.497 e. The number of ether oxygens (including phenoxy) is 3. The summed E-state index contributed by atoms with van der Waals surface area (Å²) in [7, 11) is 2.90. The summed E-state index contributed by atoms with van der Waals surface area (Å²) >= 11 is 6.00. The third-order valence-corrected chi connectivity index (χ3v) is 3.89. The maximum absolute atomic E-state index is 11.9. The normalized spacial score (nSPS) is 10.5. The summed E-state index contributed by atoms with van der Waals surface area (Å²) in [6.07, 6.45) is 0. The molecule has 0 bridgehead atoms. The summed E-state index contributed by atoms with van der Waals surface area (Å²) in [5, 5.41) is 1.38. The van der Waals surface area contributed by atoms with Gasteiger partial charge in [-0.05, 0) is 35.9 Å². The molecule has 0 aliphatic carbocycles. The molecule has 0 spiro atoms. The molecular weight excluding hydrogens is 342 g/mol. The number of carbonyl (C=O) groups excluding carboxylic acids is 1. The molecule has 0 fully saturated rings. The summed E-state index contributed by atoms with van der Waals surface area (Å²) in [6.45, 7) is 0.303. The maximum Gasteiger partial charge on any atom is 0.356 e. The number of halogens is 1. The minimum absolute atomic E-state index is 0.182. The van der Waals surface area contributed by atoms with Crippen molar-refractivity contribution in [3.8, 4) is 11.5 Å². The second-order valence-corrected chi connectivity index (χ2v) is 5.74. The van der Waals surface area contributed by atoms with Crippen molar-refractivity contribution in [2.75, 3.05) is 14.2 Å². The second kappa shape index (κ2) is 7.40. The van der Waals surface area contributed by atoms with E-state index in [1.54, 1.807) is 31.4 Å². The SMILES string of the molecule is COC(=O)c1cc(OCc2cccc(Cl)c2)c2cc(OC)ccc2n1. The molecule has 128 valence electrons. The number of aromatic nitrogens is 1. The average Bonchev–Trinajstić information content (AvgIpc) is 2.64. The van der Waals surface area contributed by atoms with Gasteiger partial charge in [0.2, 0.25) is 0 Å². The van der Waals surface area contributed by atoms with Gasteiger partial charge < -0.3 is 14.2 Å². The molecule has 0 aliphatic heterocycles. The molecule has 0 radical (unpaired) electrons. The minimum Gasteiger partial charge on any atom is -0.497 e. The highest BCUT2D eigenvalue weighted by atomic mass is 35.5. The lowest BCUT2D eigenvalue weighted by molar-refractivity contribution is 0.0594. The molecule has 5 nitrogen and oxygen atoms in total. The van der Waals surface area contributed by atoms with E-state index in [-0.39, 0.29) is 5.69 Å². The first-order valence-corrected chi connectivity index (χ1v) is 7.93. The van der Waals surface area contributed by atoms with Crippen LogP contribution in [0.15, 0.2) is 48.5 Å². The molecule has 0 amide bonds. The van der Waals surface area contributed by atoms with Gasteiger partial charge in [-0.1, -0.05) is 23.7 Å². The van der Waals surface area contributed by atoms with Gasteiger partial charge in [-0.15, -0.1) is 0 Å². The number of fused-ring (bicyclic) bond motifs is 1. The van der Waals surface area contributed by atoms with Crippen LogP contribution in [0.4, 0.5) is 0 Å². The highest BCUT2D eigenvalue weighted by Crippen LogP contribution is 2.30. The summed E-state index contributed by atoms with van der Waals surface area (Å²) in [5.41, 5.74) is 1.71. The second-order valence-electron chi connectivity index (χ2n) is 5.30. The Morgan fingerprint density at radius 3 is 2.68 bits per heavy atom. The van der Waals surface area contributed by atoms with Crippen LogP contribution >= 0.6 is 11.6 Å². The van der Waals surface area contributed by atoms with Gasteiger partial charge in [-0.25, -0.2) is 9.78 Å². The summed E-state index contributed by atoms with van der Waals surface area (Å²) < 4.78 is 16.0. The van der Waals surface area contributed by atoms with E-state index in [1.807, 2.05) is 24.3 Å². The quantitative estimate of drug-likeness (QED) is 0.638. The maximum atomic E-state index is 11.9. The van der Waals surface area contributed by atoms with Gasteiger partial charge in [0.05, 0.1) is 19.7 Å². The van der Waals surface area contributed by atoms with Crippen LogP contribution in [0.5, 0.6) is 11.5 Å². The summed E-state index contributed by atoms with van der Waals surface area (Å²) in [5.74, 6) is 0.669. The van der Waals surface area contributed by atoms with Crippen molar-refractivity contribution in [3.05, 3.63) is 64.8 Å². The van der Waals surface area contributed by atoms with Crippen LogP contribution in [-0.2, 0) is 11.3 Å². The van der Waals surface area contributed by atoms with Crippen molar-refractivity contribution in [2.24, 2.45) is 0 Å². The Morgan fingerprint density at radius 1 is 1.12 bits per heavy atom. The lowest BCUT2D eigenvalue weighted by Gasteiger charge is -2.12. The van der Waals surface area contributed by atoms with Crippen LogP contribution in [0.2, 0.25) is 5.02 Å². The van der Waals surface area contributed by atoms with Crippen molar-refractivity contribution >= 4 is 28.5 Å². The van der Waals surface area contributed by atoms with Crippen molar-refractivity contribution < 1.29 is 19.0 Å².